The molecule has 7 rings (SSSR count). The van der Waals surface area contributed by atoms with Crippen LogP contribution >= 0.6 is 11.6 Å². The number of nitrogens with one attached hydrogen (secondary N) is 3. The van der Waals surface area contributed by atoms with Gasteiger partial charge in [0.2, 0.25) is 11.8 Å². The Morgan fingerprint density at radius 1 is 1.08 bits per heavy atom. The van der Waals surface area contributed by atoms with Gasteiger partial charge in [-0.15, -0.1) is 0 Å². The lowest BCUT2D eigenvalue weighted by molar-refractivity contribution is -0.384. The number of aliphatic hydroxyl groups excluding tert-OH is 1. The van der Waals surface area contributed by atoms with E-state index in [0.717, 1.165) is 56.6 Å². The van der Waals surface area contributed by atoms with Gasteiger partial charge in [-0.1, -0.05) is 29.8 Å². The maximum atomic E-state index is 11.8. The third kappa shape index (κ3) is 5.86. The van der Waals surface area contributed by atoms with Gasteiger partial charge in [-0.2, -0.15) is 4.98 Å². The molecule has 0 aliphatic heterocycles. The molecule has 0 radical (unpaired) electrons. The Hall–Kier alpha value is -2.49. The van der Waals surface area contributed by atoms with Crippen molar-refractivity contribution >= 4 is 29.1 Å². The second-order valence-electron chi connectivity index (χ2n) is 12.6. The first-order valence-electron chi connectivity index (χ1n) is 14.5. The van der Waals surface area contributed by atoms with Crippen LogP contribution in [-0.4, -0.2) is 45.2 Å². The van der Waals surface area contributed by atoms with Crippen LogP contribution in [0, 0.1) is 39.2 Å². The Labute approximate surface area is 234 Å². The van der Waals surface area contributed by atoms with Crippen molar-refractivity contribution in [3.05, 3.63) is 51.2 Å². The zero-order chi connectivity index (χ0) is 27.0. The van der Waals surface area contributed by atoms with Gasteiger partial charge in [0.05, 0.1) is 11.0 Å². The van der Waals surface area contributed by atoms with Crippen molar-refractivity contribution < 1.29 is 10.0 Å². The summed E-state index contributed by atoms with van der Waals surface area (Å²) in [5.41, 5.74) is 0.974. The number of nitrogens with zero attached hydrogens (tertiary/aromatic N) is 3. The highest BCUT2D eigenvalue weighted by atomic mass is 35.5. The highest BCUT2D eigenvalue weighted by Crippen LogP contribution is 2.60. The minimum atomic E-state index is -0.413. The molecule has 5 aliphatic carbocycles. The molecule has 5 aliphatic rings. The summed E-state index contributed by atoms with van der Waals surface area (Å²) in [6.45, 7) is 2.20. The van der Waals surface area contributed by atoms with Crippen LogP contribution in [0.1, 0.15) is 63.4 Å². The normalized spacial score (nSPS) is 33.2. The molecule has 0 spiro atoms. The fourth-order valence-electron chi connectivity index (χ4n) is 8.21. The zero-order valence-electron chi connectivity index (χ0n) is 22.3. The molecule has 4 N–H and O–H groups in total. The van der Waals surface area contributed by atoms with E-state index in [4.69, 9.17) is 11.6 Å². The number of nitro groups is 1. The lowest BCUT2D eigenvalue weighted by atomic mass is 9.48. The Bertz CT molecular complexity index is 1170. The number of hydrogen-bond donors (Lipinski definition) is 4. The van der Waals surface area contributed by atoms with Gasteiger partial charge in [0.25, 0.3) is 0 Å². The molecule has 1 aromatic carbocycles. The smallest absolute Gasteiger partial charge is 0.329 e. The lowest BCUT2D eigenvalue weighted by Gasteiger charge is -2.60. The molecule has 0 amide bonds. The Morgan fingerprint density at radius 2 is 1.82 bits per heavy atom. The van der Waals surface area contributed by atoms with Crippen LogP contribution in [0.3, 0.4) is 0 Å². The van der Waals surface area contributed by atoms with E-state index >= 15 is 0 Å². The predicted octanol–water partition coefficient (Wildman–Crippen LogP) is 5.40. The highest BCUT2D eigenvalue weighted by molar-refractivity contribution is 6.31. The summed E-state index contributed by atoms with van der Waals surface area (Å²) in [6, 6.07) is 8.13. The molecule has 39 heavy (non-hydrogen) atoms. The molecule has 5 saturated carbocycles. The fourth-order valence-corrected chi connectivity index (χ4v) is 8.41. The number of anilines is 2. The van der Waals surface area contributed by atoms with Crippen LogP contribution in [-0.2, 0) is 6.54 Å². The van der Waals surface area contributed by atoms with Crippen molar-refractivity contribution in [3.8, 4) is 0 Å². The van der Waals surface area contributed by atoms with Crippen molar-refractivity contribution in [2.24, 2.45) is 29.1 Å². The van der Waals surface area contributed by atoms with Crippen LogP contribution in [0.5, 0.6) is 0 Å². The summed E-state index contributed by atoms with van der Waals surface area (Å²) in [7, 11) is 0. The van der Waals surface area contributed by atoms with Gasteiger partial charge in [0.15, 0.2) is 0 Å². The average molecular weight is 555 g/mol. The van der Waals surface area contributed by atoms with Gasteiger partial charge < -0.3 is 21.1 Å². The summed E-state index contributed by atoms with van der Waals surface area (Å²) in [6.07, 6.45) is 11.4. The van der Waals surface area contributed by atoms with E-state index in [-0.39, 0.29) is 23.0 Å². The molecule has 10 heteroatoms. The number of aliphatic hydroxyl groups is 1. The van der Waals surface area contributed by atoms with E-state index in [1.807, 2.05) is 24.3 Å². The minimum absolute atomic E-state index is 0.0971. The number of benzene rings is 1. The largest absolute Gasteiger partial charge is 0.393 e. The van der Waals surface area contributed by atoms with Crippen LogP contribution in [0.15, 0.2) is 30.5 Å². The summed E-state index contributed by atoms with van der Waals surface area (Å²) in [5, 5.41) is 32.8. The quantitative estimate of drug-likeness (QED) is 0.227. The van der Waals surface area contributed by atoms with Gasteiger partial charge in [-0.25, -0.2) is 4.98 Å². The van der Waals surface area contributed by atoms with Crippen molar-refractivity contribution in [1.29, 1.82) is 0 Å². The molecule has 9 nitrogen and oxygen atoms in total. The van der Waals surface area contributed by atoms with Crippen molar-refractivity contribution in [2.45, 2.75) is 76.5 Å². The third-order valence-corrected chi connectivity index (χ3v) is 10.2. The Balaban J connectivity index is 1.10. The van der Waals surface area contributed by atoms with Crippen LogP contribution < -0.4 is 16.0 Å². The molecular formula is C29H39ClN6O3. The van der Waals surface area contributed by atoms with Gasteiger partial charge in [0, 0.05) is 24.2 Å². The van der Waals surface area contributed by atoms with Gasteiger partial charge >= 0.3 is 5.69 Å². The molecule has 2 aromatic rings. The highest BCUT2D eigenvalue weighted by Gasteiger charge is 2.55. The van der Waals surface area contributed by atoms with E-state index in [1.54, 1.807) is 0 Å². The summed E-state index contributed by atoms with van der Waals surface area (Å²) >= 11 is 6.27. The van der Waals surface area contributed by atoms with E-state index < -0.39 is 4.92 Å². The first-order chi connectivity index (χ1) is 18.9. The fraction of sp³-hybridized carbons (Fsp3) is 0.655. The van der Waals surface area contributed by atoms with Gasteiger partial charge in [0.1, 0.15) is 6.20 Å². The molecular weight excluding hydrogens is 516 g/mol. The van der Waals surface area contributed by atoms with Crippen molar-refractivity contribution in [2.75, 3.05) is 23.7 Å². The Morgan fingerprint density at radius 3 is 2.54 bits per heavy atom. The van der Waals surface area contributed by atoms with Crippen molar-refractivity contribution in [3.63, 3.8) is 0 Å². The standard InChI is InChI=1S/C29H39ClN6O3/c30-24-4-2-1-3-20(24)15-32-28-33-16-25(36(38)39)27(35-28)34-17-29-11-19-9-21(12-29)26(22(10-19)13-29)31-14-18-5-7-23(37)8-6-18/h1-4,16,18-19,21-23,26,31,37H,5-15,17H2,(H2,32,33,34,35)/t18-,19?,21-,22+,23-,26-,29-. The van der Waals surface area contributed by atoms with E-state index in [0.29, 0.717) is 47.9 Å². The number of aromatic nitrogens is 2. The second kappa shape index (κ2) is 11.2. The Kier molecular flexibility index (Phi) is 7.66. The van der Waals surface area contributed by atoms with Crippen LogP contribution in [0.25, 0.3) is 0 Å². The van der Waals surface area contributed by atoms with E-state index in [2.05, 4.69) is 25.9 Å². The average Bonchev–Trinajstić information content (AvgIpc) is 2.92. The molecule has 4 bridgehead atoms. The molecule has 0 saturated heterocycles. The minimum Gasteiger partial charge on any atom is -0.393 e. The maximum absolute atomic E-state index is 11.8. The molecule has 5 atom stereocenters. The maximum Gasteiger partial charge on any atom is 0.329 e. The summed E-state index contributed by atoms with van der Waals surface area (Å²) < 4.78 is 0. The van der Waals surface area contributed by atoms with Crippen LogP contribution in [0.2, 0.25) is 5.02 Å². The molecule has 210 valence electrons. The van der Waals surface area contributed by atoms with E-state index in [9.17, 15) is 15.2 Å². The second-order valence-corrected chi connectivity index (χ2v) is 13.0. The monoisotopic (exact) mass is 554 g/mol. The first kappa shape index (κ1) is 26.7. The molecule has 1 unspecified atom stereocenters. The lowest BCUT2D eigenvalue weighted by Crippen LogP contribution is -2.60. The summed E-state index contributed by atoms with van der Waals surface area (Å²) in [5.74, 6) is 3.39. The molecule has 5 fully saturated rings. The summed E-state index contributed by atoms with van der Waals surface area (Å²) in [4.78, 5) is 20.0. The zero-order valence-corrected chi connectivity index (χ0v) is 23.1. The SMILES string of the molecule is O=[N+]([O-])c1cnc(NCc2ccccc2Cl)nc1NC[C@]12CC3C[C@H](C1)[C@@H](NC[C@H]1CC[C@H](O)CC1)[C@@H](C3)C2. The van der Waals surface area contributed by atoms with Gasteiger partial charge in [-0.3, -0.25) is 10.1 Å². The van der Waals surface area contributed by atoms with Gasteiger partial charge in [-0.05, 0) is 105 Å². The van der Waals surface area contributed by atoms with Crippen molar-refractivity contribution in [1.82, 2.24) is 15.3 Å². The first-order valence-corrected chi connectivity index (χ1v) is 14.9. The third-order valence-electron chi connectivity index (χ3n) is 9.85. The molecule has 1 heterocycles. The number of halogens is 1. The number of rotatable bonds is 10. The number of hydrogen-bond acceptors (Lipinski definition) is 8. The van der Waals surface area contributed by atoms with Crippen LogP contribution in [0.4, 0.5) is 17.5 Å². The van der Waals surface area contributed by atoms with E-state index in [1.165, 1.54) is 25.5 Å². The predicted molar refractivity (Wildman–Crippen MR) is 152 cm³/mol. The topological polar surface area (TPSA) is 125 Å². The molecule has 1 aromatic heterocycles.